The van der Waals surface area contributed by atoms with Gasteiger partial charge in [0.1, 0.15) is 5.82 Å². The summed E-state index contributed by atoms with van der Waals surface area (Å²) in [5.41, 5.74) is 1.86. The van der Waals surface area contributed by atoms with Crippen molar-refractivity contribution in [1.82, 2.24) is 14.8 Å². The first-order valence-electron chi connectivity index (χ1n) is 11.4. The summed E-state index contributed by atoms with van der Waals surface area (Å²) in [7, 11) is 1.66. The fourth-order valence-corrected chi connectivity index (χ4v) is 5.52. The molecule has 33 heavy (non-hydrogen) atoms. The molecule has 0 radical (unpaired) electrons. The maximum Gasteiger partial charge on any atom is 0.256 e. The van der Waals surface area contributed by atoms with Crippen LogP contribution in [-0.2, 0) is 16.1 Å². The summed E-state index contributed by atoms with van der Waals surface area (Å²) in [6.45, 7) is 2.04. The molecule has 3 heterocycles. The van der Waals surface area contributed by atoms with Crippen molar-refractivity contribution in [2.24, 2.45) is 0 Å². The summed E-state index contributed by atoms with van der Waals surface area (Å²) in [5.74, 6) is -0.549. The third-order valence-electron chi connectivity index (χ3n) is 7.05. The zero-order chi connectivity index (χ0) is 23.0. The average molecular weight is 450 g/mol. The number of nitrogens with one attached hydrogen (secondary N) is 1. The SMILES string of the molecule is COCCn1cc(C(=O)N2C[C@@H](c3cccc(F)c3)[C@@]3(CCCC(=O)N3)C2)c2ccccc21. The number of aromatic nitrogens is 1. The number of amides is 2. The smallest absolute Gasteiger partial charge is 0.256 e. The van der Waals surface area contributed by atoms with Gasteiger partial charge in [-0.2, -0.15) is 0 Å². The van der Waals surface area contributed by atoms with Gasteiger partial charge in [0.2, 0.25) is 5.91 Å². The molecule has 6 nitrogen and oxygen atoms in total. The van der Waals surface area contributed by atoms with E-state index in [4.69, 9.17) is 4.74 Å². The van der Waals surface area contributed by atoms with E-state index in [1.54, 1.807) is 13.2 Å². The molecule has 1 spiro atoms. The molecule has 0 saturated carbocycles. The molecule has 2 saturated heterocycles. The van der Waals surface area contributed by atoms with Crippen molar-refractivity contribution in [2.75, 3.05) is 26.8 Å². The van der Waals surface area contributed by atoms with E-state index < -0.39 is 5.54 Å². The summed E-state index contributed by atoms with van der Waals surface area (Å²) < 4.78 is 21.4. The van der Waals surface area contributed by atoms with Crippen LogP contribution in [0.4, 0.5) is 4.39 Å². The third-order valence-corrected chi connectivity index (χ3v) is 7.05. The van der Waals surface area contributed by atoms with Crippen LogP contribution in [0.5, 0.6) is 0 Å². The molecule has 2 atom stereocenters. The van der Waals surface area contributed by atoms with Crippen molar-refractivity contribution < 1.29 is 18.7 Å². The van der Waals surface area contributed by atoms with Crippen molar-refractivity contribution in [3.63, 3.8) is 0 Å². The molecule has 0 unspecified atom stereocenters. The summed E-state index contributed by atoms with van der Waals surface area (Å²) >= 11 is 0. The predicted molar refractivity (Wildman–Crippen MR) is 124 cm³/mol. The van der Waals surface area contributed by atoms with Crippen LogP contribution in [0.3, 0.4) is 0 Å². The standard InChI is InChI=1S/C26H28FN3O3/c1-33-13-12-29-15-21(20-8-2-3-9-23(20)29)25(32)30-16-22(18-6-4-7-19(27)14-18)26(17-30)11-5-10-24(31)28-26/h2-4,6-9,14-15,22H,5,10-13,16-17H2,1H3,(H,28,31)/t22-,26+/m0/s1. The second-order valence-electron chi connectivity index (χ2n) is 9.10. The number of benzene rings is 2. The zero-order valence-corrected chi connectivity index (χ0v) is 18.7. The number of hydrogen-bond donors (Lipinski definition) is 1. The number of likely N-dealkylation sites (tertiary alicyclic amines) is 1. The first kappa shape index (κ1) is 21.6. The minimum absolute atomic E-state index is 0.00637. The fraction of sp³-hybridized carbons (Fsp3) is 0.385. The molecule has 0 aliphatic carbocycles. The molecule has 1 N–H and O–H groups in total. The van der Waals surface area contributed by atoms with Gasteiger partial charge >= 0.3 is 0 Å². The second kappa shape index (κ2) is 8.63. The number of fused-ring (bicyclic) bond motifs is 1. The Morgan fingerprint density at radius 2 is 2.09 bits per heavy atom. The van der Waals surface area contributed by atoms with Crippen LogP contribution in [0.1, 0.15) is 41.1 Å². The van der Waals surface area contributed by atoms with Crippen LogP contribution >= 0.6 is 0 Å². The molecule has 2 fully saturated rings. The lowest BCUT2D eigenvalue weighted by Crippen LogP contribution is -2.56. The number of nitrogens with zero attached hydrogens (tertiary/aromatic N) is 2. The van der Waals surface area contributed by atoms with E-state index in [1.165, 1.54) is 12.1 Å². The Kier molecular flexibility index (Phi) is 5.66. The second-order valence-corrected chi connectivity index (χ2v) is 9.10. The monoisotopic (exact) mass is 449 g/mol. The van der Waals surface area contributed by atoms with Gasteiger partial charge in [0.25, 0.3) is 5.91 Å². The Morgan fingerprint density at radius 1 is 1.24 bits per heavy atom. The van der Waals surface area contributed by atoms with Crippen molar-refractivity contribution in [3.05, 3.63) is 71.7 Å². The van der Waals surface area contributed by atoms with E-state index in [0.717, 1.165) is 29.3 Å². The molecule has 0 bridgehead atoms. The highest BCUT2D eigenvalue weighted by Crippen LogP contribution is 2.42. The zero-order valence-electron chi connectivity index (χ0n) is 18.7. The Balaban J connectivity index is 1.51. The van der Waals surface area contributed by atoms with Crippen molar-refractivity contribution >= 4 is 22.7 Å². The van der Waals surface area contributed by atoms with Crippen LogP contribution in [0.25, 0.3) is 10.9 Å². The number of piperidine rings is 1. The van der Waals surface area contributed by atoms with Gasteiger partial charge in [-0.3, -0.25) is 9.59 Å². The van der Waals surface area contributed by atoms with Crippen molar-refractivity contribution in [3.8, 4) is 0 Å². The molecule has 2 amide bonds. The van der Waals surface area contributed by atoms with Gasteiger partial charge < -0.3 is 19.5 Å². The van der Waals surface area contributed by atoms with Gasteiger partial charge in [0.15, 0.2) is 0 Å². The highest BCUT2D eigenvalue weighted by atomic mass is 19.1. The number of para-hydroxylation sites is 1. The minimum Gasteiger partial charge on any atom is -0.383 e. The van der Waals surface area contributed by atoms with Gasteiger partial charge in [-0.1, -0.05) is 30.3 Å². The number of rotatable bonds is 5. The summed E-state index contributed by atoms with van der Waals surface area (Å²) in [4.78, 5) is 28.0. The molecule has 2 aliphatic heterocycles. The normalized spacial score (nSPS) is 22.8. The summed E-state index contributed by atoms with van der Waals surface area (Å²) in [6, 6.07) is 14.4. The fourth-order valence-electron chi connectivity index (χ4n) is 5.52. The van der Waals surface area contributed by atoms with Gasteiger partial charge in [-0.15, -0.1) is 0 Å². The highest BCUT2D eigenvalue weighted by molar-refractivity contribution is 6.07. The molecule has 2 aliphatic rings. The van der Waals surface area contributed by atoms with E-state index in [1.807, 2.05) is 46.0 Å². The number of halogens is 1. The predicted octanol–water partition coefficient (Wildman–Crippen LogP) is 3.71. The highest BCUT2D eigenvalue weighted by Gasteiger charge is 2.51. The maximum atomic E-state index is 14.1. The van der Waals surface area contributed by atoms with Crippen LogP contribution in [-0.4, -0.2) is 53.6 Å². The Labute approximate surface area is 192 Å². The van der Waals surface area contributed by atoms with E-state index >= 15 is 0 Å². The molecule has 5 rings (SSSR count). The first-order valence-corrected chi connectivity index (χ1v) is 11.4. The largest absolute Gasteiger partial charge is 0.383 e. The maximum absolute atomic E-state index is 14.1. The van der Waals surface area contributed by atoms with Crippen LogP contribution in [0, 0.1) is 5.82 Å². The quantitative estimate of drug-likeness (QED) is 0.646. The van der Waals surface area contributed by atoms with Gasteiger partial charge in [-0.25, -0.2) is 4.39 Å². The lowest BCUT2D eigenvalue weighted by Gasteiger charge is -2.39. The van der Waals surface area contributed by atoms with E-state index in [-0.39, 0.29) is 23.5 Å². The van der Waals surface area contributed by atoms with E-state index in [0.29, 0.717) is 38.2 Å². The molecule has 1 aromatic heterocycles. The topological polar surface area (TPSA) is 63.6 Å². The summed E-state index contributed by atoms with van der Waals surface area (Å²) in [6.07, 6.45) is 3.90. The lowest BCUT2D eigenvalue weighted by atomic mass is 9.76. The number of carbonyl (C=O) groups excluding carboxylic acids is 2. The van der Waals surface area contributed by atoms with E-state index in [2.05, 4.69) is 5.32 Å². The Bertz CT molecular complexity index is 1210. The molecule has 7 heteroatoms. The number of methoxy groups -OCH3 is 1. The number of hydrogen-bond acceptors (Lipinski definition) is 3. The number of carbonyl (C=O) groups is 2. The molecule has 2 aromatic carbocycles. The van der Waals surface area contributed by atoms with Gasteiger partial charge in [0, 0.05) is 56.2 Å². The van der Waals surface area contributed by atoms with Crippen LogP contribution < -0.4 is 5.32 Å². The molecule has 172 valence electrons. The van der Waals surface area contributed by atoms with E-state index in [9.17, 15) is 14.0 Å². The molecular weight excluding hydrogens is 421 g/mol. The molecule has 3 aromatic rings. The van der Waals surface area contributed by atoms with Gasteiger partial charge in [-0.05, 0) is 36.6 Å². The Hall–Kier alpha value is -3.19. The third kappa shape index (κ3) is 3.91. The number of ether oxygens (including phenoxy) is 1. The van der Waals surface area contributed by atoms with Crippen molar-refractivity contribution in [2.45, 2.75) is 37.3 Å². The Morgan fingerprint density at radius 3 is 2.88 bits per heavy atom. The minimum atomic E-state index is -0.576. The summed E-state index contributed by atoms with van der Waals surface area (Å²) in [5, 5.41) is 4.09. The lowest BCUT2D eigenvalue weighted by molar-refractivity contribution is -0.125. The van der Waals surface area contributed by atoms with Crippen LogP contribution in [0.2, 0.25) is 0 Å². The van der Waals surface area contributed by atoms with Gasteiger partial charge in [0.05, 0.1) is 17.7 Å². The van der Waals surface area contributed by atoms with Crippen molar-refractivity contribution in [1.29, 1.82) is 0 Å². The average Bonchev–Trinajstić information content (AvgIpc) is 3.36. The molecular formula is C26H28FN3O3. The first-order chi connectivity index (χ1) is 16.0. The van der Waals surface area contributed by atoms with Crippen LogP contribution in [0.15, 0.2) is 54.7 Å².